The number of nitrogens with zero attached hydrogens (tertiary/aromatic N) is 1. The molecule has 1 nitrogen and oxygen atoms in total. The van der Waals surface area contributed by atoms with Crippen LogP contribution >= 0.6 is 15.9 Å². The Morgan fingerprint density at radius 1 is 1.06 bits per heavy atom. The lowest BCUT2D eigenvalue weighted by molar-refractivity contribution is 0.627. The summed E-state index contributed by atoms with van der Waals surface area (Å²) in [5, 5.41) is 0. The van der Waals surface area contributed by atoms with Gasteiger partial charge in [-0.2, -0.15) is 0 Å². The van der Waals surface area contributed by atoms with Crippen LogP contribution in [0.3, 0.4) is 0 Å². The van der Waals surface area contributed by atoms with Crippen molar-refractivity contribution in [2.45, 2.75) is 11.2 Å². The second-order valence-electron chi connectivity index (χ2n) is 3.58. The summed E-state index contributed by atoms with van der Waals surface area (Å²) in [6.07, 6.45) is 4.38. The fourth-order valence-corrected chi connectivity index (χ4v) is 2.20. The zero-order valence-corrected chi connectivity index (χ0v) is 10.2. The number of halogens is 2. The number of alkyl halides is 1. The fraction of sp³-hybridized carbons (Fsp3) is 0.154. The summed E-state index contributed by atoms with van der Waals surface area (Å²) in [4.78, 5) is 4.21. The van der Waals surface area contributed by atoms with Crippen molar-refractivity contribution in [3.05, 3.63) is 65.7 Å². The molecule has 1 aromatic heterocycles. The molecule has 0 bridgehead atoms. The van der Waals surface area contributed by atoms with Crippen molar-refractivity contribution in [3.8, 4) is 0 Å². The minimum Gasteiger partial charge on any atom is -0.265 e. The molecule has 0 aliphatic heterocycles. The van der Waals surface area contributed by atoms with Crippen LogP contribution in [0.1, 0.15) is 16.0 Å². The molecule has 16 heavy (non-hydrogen) atoms. The minimum atomic E-state index is -0.196. The van der Waals surface area contributed by atoms with Gasteiger partial charge in [0.1, 0.15) is 5.82 Å². The molecule has 1 heterocycles. The molecule has 1 atom stereocenters. The van der Waals surface area contributed by atoms with Crippen molar-refractivity contribution >= 4 is 15.9 Å². The smallest absolute Gasteiger partial charge is 0.123 e. The molecular weight excluding hydrogens is 269 g/mol. The zero-order chi connectivity index (χ0) is 11.4. The van der Waals surface area contributed by atoms with Crippen LogP contribution in [-0.4, -0.2) is 4.98 Å². The van der Waals surface area contributed by atoms with Gasteiger partial charge in [0.15, 0.2) is 0 Å². The average Bonchev–Trinajstić information content (AvgIpc) is 2.33. The monoisotopic (exact) mass is 279 g/mol. The summed E-state index contributed by atoms with van der Waals surface area (Å²) < 4.78 is 12.7. The first-order valence-electron chi connectivity index (χ1n) is 5.04. The molecular formula is C13H11BrFN. The Hall–Kier alpha value is -1.22. The third-order valence-corrected chi connectivity index (χ3v) is 3.25. The van der Waals surface area contributed by atoms with Crippen LogP contribution in [0.15, 0.2) is 48.8 Å². The van der Waals surface area contributed by atoms with E-state index in [0.717, 1.165) is 12.0 Å². The van der Waals surface area contributed by atoms with Gasteiger partial charge in [-0.3, -0.25) is 4.98 Å². The second-order valence-corrected chi connectivity index (χ2v) is 4.68. The van der Waals surface area contributed by atoms with E-state index in [1.54, 1.807) is 12.4 Å². The predicted molar refractivity (Wildman–Crippen MR) is 66.0 cm³/mol. The van der Waals surface area contributed by atoms with Gasteiger partial charge in [-0.15, -0.1) is 0 Å². The van der Waals surface area contributed by atoms with Crippen molar-refractivity contribution in [2.75, 3.05) is 0 Å². The Bertz CT molecular complexity index is 441. The molecule has 3 heteroatoms. The molecule has 0 aliphatic rings. The topological polar surface area (TPSA) is 12.9 Å². The van der Waals surface area contributed by atoms with Gasteiger partial charge in [-0.1, -0.05) is 28.1 Å². The van der Waals surface area contributed by atoms with E-state index in [1.807, 2.05) is 24.3 Å². The number of benzene rings is 1. The first-order chi connectivity index (χ1) is 7.75. The molecule has 2 aromatic rings. The minimum absolute atomic E-state index is 0.196. The summed E-state index contributed by atoms with van der Waals surface area (Å²) >= 11 is 3.62. The summed E-state index contributed by atoms with van der Waals surface area (Å²) in [6.45, 7) is 0. The highest BCUT2D eigenvalue weighted by Crippen LogP contribution is 2.26. The Labute approximate surface area is 102 Å². The van der Waals surface area contributed by atoms with Crippen molar-refractivity contribution in [2.24, 2.45) is 0 Å². The zero-order valence-electron chi connectivity index (χ0n) is 8.61. The number of aromatic nitrogens is 1. The second kappa shape index (κ2) is 5.21. The Morgan fingerprint density at radius 2 is 1.69 bits per heavy atom. The molecule has 2 rings (SSSR count). The lowest BCUT2D eigenvalue weighted by atomic mass is 10.1. The molecule has 0 saturated carbocycles. The predicted octanol–water partition coefficient (Wildman–Crippen LogP) is 3.90. The maximum atomic E-state index is 12.7. The van der Waals surface area contributed by atoms with Crippen molar-refractivity contribution in [3.63, 3.8) is 0 Å². The highest BCUT2D eigenvalue weighted by atomic mass is 79.9. The molecule has 1 aromatic carbocycles. The van der Waals surface area contributed by atoms with E-state index in [9.17, 15) is 4.39 Å². The van der Waals surface area contributed by atoms with Crippen LogP contribution in [-0.2, 0) is 6.42 Å². The maximum absolute atomic E-state index is 12.7. The van der Waals surface area contributed by atoms with Crippen molar-refractivity contribution in [1.29, 1.82) is 0 Å². The van der Waals surface area contributed by atoms with E-state index < -0.39 is 0 Å². The third kappa shape index (κ3) is 2.89. The van der Waals surface area contributed by atoms with E-state index in [1.165, 1.54) is 17.7 Å². The van der Waals surface area contributed by atoms with Crippen LogP contribution in [0.4, 0.5) is 4.39 Å². The number of hydrogen-bond acceptors (Lipinski definition) is 1. The average molecular weight is 280 g/mol. The summed E-state index contributed by atoms with van der Waals surface area (Å²) in [5.41, 5.74) is 2.29. The standard InChI is InChI=1S/C13H11BrFN/c14-13(11-5-7-16-8-6-11)9-10-1-3-12(15)4-2-10/h1-8,13H,9H2/t13-/m1/s1. The Kier molecular flexibility index (Phi) is 3.67. The van der Waals surface area contributed by atoms with Crippen molar-refractivity contribution in [1.82, 2.24) is 4.98 Å². The van der Waals surface area contributed by atoms with Crippen LogP contribution in [0.2, 0.25) is 0 Å². The molecule has 0 amide bonds. The molecule has 0 N–H and O–H groups in total. The lowest BCUT2D eigenvalue weighted by Gasteiger charge is -2.09. The van der Waals surface area contributed by atoms with Gasteiger partial charge < -0.3 is 0 Å². The van der Waals surface area contributed by atoms with E-state index in [0.29, 0.717) is 0 Å². The number of rotatable bonds is 3. The van der Waals surface area contributed by atoms with Gasteiger partial charge in [0.2, 0.25) is 0 Å². The lowest BCUT2D eigenvalue weighted by Crippen LogP contribution is -1.95. The third-order valence-electron chi connectivity index (χ3n) is 2.40. The number of hydrogen-bond donors (Lipinski definition) is 0. The normalized spacial score (nSPS) is 12.4. The molecule has 0 radical (unpaired) electrons. The van der Waals surface area contributed by atoms with E-state index in [2.05, 4.69) is 20.9 Å². The maximum Gasteiger partial charge on any atom is 0.123 e. The summed E-state index contributed by atoms with van der Waals surface area (Å²) in [7, 11) is 0. The SMILES string of the molecule is Fc1ccc(C[C@@H](Br)c2ccncc2)cc1. The van der Waals surface area contributed by atoms with Gasteiger partial charge >= 0.3 is 0 Å². The highest BCUT2D eigenvalue weighted by molar-refractivity contribution is 9.09. The molecule has 82 valence electrons. The summed E-state index contributed by atoms with van der Waals surface area (Å²) in [6, 6.07) is 10.5. The largest absolute Gasteiger partial charge is 0.265 e. The highest BCUT2D eigenvalue weighted by Gasteiger charge is 2.07. The summed E-state index contributed by atoms with van der Waals surface area (Å²) in [5.74, 6) is -0.196. The van der Waals surface area contributed by atoms with Crippen LogP contribution in [0.25, 0.3) is 0 Å². The van der Waals surface area contributed by atoms with Gasteiger partial charge in [0, 0.05) is 17.2 Å². The fourth-order valence-electron chi connectivity index (χ4n) is 1.52. The molecule has 0 aliphatic carbocycles. The van der Waals surface area contributed by atoms with Gasteiger partial charge in [-0.25, -0.2) is 4.39 Å². The van der Waals surface area contributed by atoms with Gasteiger partial charge in [0.05, 0.1) is 0 Å². The van der Waals surface area contributed by atoms with E-state index >= 15 is 0 Å². The first-order valence-corrected chi connectivity index (χ1v) is 5.96. The Morgan fingerprint density at radius 3 is 2.31 bits per heavy atom. The first kappa shape index (κ1) is 11.3. The molecule has 0 fully saturated rings. The number of pyridine rings is 1. The van der Waals surface area contributed by atoms with Crippen LogP contribution in [0, 0.1) is 5.82 Å². The van der Waals surface area contributed by atoms with Crippen LogP contribution < -0.4 is 0 Å². The Balaban J connectivity index is 2.08. The molecule has 0 saturated heterocycles. The molecule has 0 spiro atoms. The molecule has 0 unspecified atom stereocenters. The quantitative estimate of drug-likeness (QED) is 0.777. The van der Waals surface area contributed by atoms with E-state index in [-0.39, 0.29) is 10.6 Å². The van der Waals surface area contributed by atoms with E-state index in [4.69, 9.17) is 0 Å². The van der Waals surface area contributed by atoms with Crippen LogP contribution in [0.5, 0.6) is 0 Å². The van der Waals surface area contributed by atoms with Gasteiger partial charge in [0.25, 0.3) is 0 Å². The van der Waals surface area contributed by atoms with Crippen molar-refractivity contribution < 1.29 is 4.39 Å². The van der Waals surface area contributed by atoms with Gasteiger partial charge in [-0.05, 0) is 41.8 Å².